The maximum Gasteiger partial charge on any atom is 0.322 e. The molecule has 1 heterocycles. The van der Waals surface area contributed by atoms with Gasteiger partial charge >= 0.3 is 6.03 Å². The molecule has 1 aromatic heterocycles. The maximum absolute atomic E-state index is 14.5. The average Bonchev–Trinajstić information content (AvgIpc) is 3.63. The monoisotopic (exact) mass is 416 g/mol. The number of aromatic nitrogens is 1. The molecule has 1 aliphatic rings. The molecule has 0 spiro atoms. The number of pyridine rings is 1. The number of halogens is 1. The molecule has 0 aliphatic heterocycles. The topological polar surface area (TPSA) is 78.2 Å². The zero-order valence-electron chi connectivity index (χ0n) is 16.8. The van der Waals surface area contributed by atoms with Crippen LogP contribution in [0.3, 0.4) is 0 Å². The van der Waals surface area contributed by atoms with Gasteiger partial charge in [0.1, 0.15) is 6.61 Å². The first-order chi connectivity index (χ1) is 15.1. The van der Waals surface area contributed by atoms with Crippen molar-refractivity contribution in [3.05, 3.63) is 89.5 Å². The van der Waals surface area contributed by atoms with Gasteiger partial charge in [0.2, 0.25) is 0 Å². The first-order valence-electron chi connectivity index (χ1n) is 10.0. The molecule has 31 heavy (non-hydrogen) atoms. The summed E-state index contributed by atoms with van der Waals surface area (Å²) in [4.78, 5) is 18.6. The Bertz CT molecular complexity index is 1110. The Balaban J connectivity index is 1.39. The van der Waals surface area contributed by atoms with Gasteiger partial charge in [0.15, 0.2) is 11.6 Å². The van der Waals surface area contributed by atoms with Crippen molar-refractivity contribution in [1.82, 2.24) is 9.88 Å². The van der Waals surface area contributed by atoms with Gasteiger partial charge in [-0.3, -0.25) is 4.98 Å². The summed E-state index contributed by atoms with van der Waals surface area (Å²) in [5, 5.41) is 11.7. The number of urea groups is 1. The number of nitrogens with one attached hydrogen (secondary N) is 1. The van der Waals surface area contributed by atoms with Crippen LogP contribution in [0.2, 0.25) is 0 Å². The van der Waals surface area contributed by atoms with E-state index in [0.717, 1.165) is 24.0 Å². The third-order valence-corrected chi connectivity index (χ3v) is 4.96. The highest BCUT2D eigenvalue weighted by atomic mass is 19.1. The Morgan fingerprint density at radius 1 is 1.19 bits per heavy atom. The van der Waals surface area contributed by atoms with Crippen molar-refractivity contribution >= 4 is 11.7 Å². The second-order valence-electron chi connectivity index (χ2n) is 7.40. The lowest BCUT2D eigenvalue weighted by atomic mass is 10.1. The minimum atomic E-state index is -0.570. The third kappa shape index (κ3) is 5.37. The molecule has 1 N–H and O–H groups in total. The van der Waals surface area contributed by atoms with E-state index in [1.54, 1.807) is 41.6 Å². The van der Waals surface area contributed by atoms with Crippen LogP contribution in [0.5, 0.6) is 5.75 Å². The van der Waals surface area contributed by atoms with Crippen LogP contribution in [-0.2, 0) is 13.2 Å². The van der Waals surface area contributed by atoms with Crippen LogP contribution < -0.4 is 10.1 Å². The molecule has 1 fully saturated rings. The molecule has 0 bridgehead atoms. The van der Waals surface area contributed by atoms with Gasteiger partial charge in [0, 0.05) is 36.7 Å². The number of nitriles is 1. The minimum Gasteiger partial charge on any atom is -0.486 e. The van der Waals surface area contributed by atoms with Crippen LogP contribution in [0.4, 0.5) is 14.9 Å². The zero-order chi connectivity index (χ0) is 21.6. The largest absolute Gasteiger partial charge is 0.486 e. The molecule has 7 heteroatoms. The van der Waals surface area contributed by atoms with Gasteiger partial charge in [-0.15, -0.1) is 0 Å². The number of anilines is 1. The second kappa shape index (κ2) is 9.26. The Hall–Kier alpha value is -3.92. The van der Waals surface area contributed by atoms with Gasteiger partial charge < -0.3 is 15.0 Å². The molecule has 0 radical (unpaired) electrons. The maximum atomic E-state index is 14.5. The summed E-state index contributed by atoms with van der Waals surface area (Å²) in [7, 11) is 0. The summed E-state index contributed by atoms with van der Waals surface area (Å²) in [6.07, 6.45) is 5.35. The summed E-state index contributed by atoms with van der Waals surface area (Å²) in [6.45, 7) is 0.592. The van der Waals surface area contributed by atoms with Crippen molar-refractivity contribution in [2.75, 3.05) is 5.32 Å². The number of amides is 2. The fourth-order valence-corrected chi connectivity index (χ4v) is 3.22. The Labute approximate surface area is 179 Å². The molecular weight excluding hydrogens is 395 g/mol. The van der Waals surface area contributed by atoms with Crippen molar-refractivity contribution < 1.29 is 13.9 Å². The molecule has 1 aliphatic carbocycles. The fraction of sp³-hybridized carbons (Fsp3) is 0.208. The van der Waals surface area contributed by atoms with Crippen LogP contribution >= 0.6 is 0 Å². The lowest BCUT2D eigenvalue weighted by molar-refractivity contribution is 0.206. The van der Waals surface area contributed by atoms with E-state index < -0.39 is 5.82 Å². The lowest BCUT2D eigenvalue weighted by Gasteiger charge is -2.23. The van der Waals surface area contributed by atoms with Crippen molar-refractivity contribution in [3.8, 4) is 11.8 Å². The number of rotatable bonds is 7. The molecule has 156 valence electrons. The Morgan fingerprint density at radius 2 is 2.03 bits per heavy atom. The van der Waals surface area contributed by atoms with E-state index in [1.165, 1.54) is 12.1 Å². The highest BCUT2D eigenvalue weighted by molar-refractivity contribution is 5.89. The van der Waals surface area contributed by atoms with E-state index in [9.17, 15) is 9.18 Å². The average molecular weight is 416 g/mol. The summed E-state index contributed by atoms with van der Waals surface area (Å²) in [6, 6.07) is 17.0. The van der Waals surface area contributed by atoms with E-state index in [-0.39, 0.29) is 24.4 Å². The van der Waals surface area contributed by atoms with E-state index in [2.05, 4.69) is 16.4 Å². The molecule has 0 atom stereocenters. The first-order valence-corrected chi connectivity index (χ1v) is 10.0. The van der Waals surface area contributed by atoms with Crippen LogP contribution in [0, 0.1) is 17.1 Å². The summed E-state index contributed by atoms with van der Waals surface area (Å²) < 4.78 is 20.1. The molecule has 4 rings (SSSR count). The predicted octanol–water partition coefficient (Wildman–Crippen LogP) is 4.87. The third-order valence-electron chi connectivity index (χ3n) is 4.96. The van der Waals surface area contributed by atoms with Crippen LogP contribution in [0.25, 0.3) is 0 Å². The predicted molar refractivity (Wildman–Crippen MR) is 114 cm³/mol. The van der Waals surface area contributed by atoms with Gasteiger partial charge in [-0.05, 0) is 54.3 Å². The highest BCUT2D eigenvalue weighted by Crippen LogP contribution is 2.29. The lowest BCUT2D eigenvalue weighted by Crippen LogP contribution is -2.36. The Morgan fingerprint density at radius 3 is 2.74 bits per heavy atom. The number of carbonyl (C=O) groups excluding carboxylic acids is 1. The van der Waals surface area contributed by atoms with Gasteiger partial charge in [0.25, 0.3) is 0 Å². The zero-order valence-corrected chi connectivity index (χ0v) is 16.8. The van der Waals surface area contributed by atoms with Gasteiger partial charge in [-0.2, -0.15) is 5.26 Å². The molecule has 2 amide bonds. The van der Waals surface area contributed by atoms with E-state index >= 15 is 0 Å². The molecule has 1 saturated carbocycles. The second-order valence-corrected chi connectivity index (χ2v) is 7.40. The van der Waals surface area contributed by atoms with Crippen molar-refractivity contribution in [2.45, 2.75) is 32.0 Å². The van der Waals surface area contributed by atoms with E-state index in [0.29, 0.717) is 17.8 Å². The quantitative estimate of drug-likeness (QED) is 0.596. The highest BCUT2D eigenvalue weighted by Gasteiger charge is 2.32. The number of carbonyl (C=O) groups is 1. The smallest absolute Gasteiger partial charge is 0.322 e. The summed E-state index contributed by atoms with van der Waals surface area (Å²) >= 11 is 0. The number of nitrogens with zero attached hydrogens (tertiary/aromatic N) is 3. The number of ether oxygens (including phenoxy) is 1. The molecule has 6 nitrogen and oxygen atoms in total. The normalized spacial score (nSPS) is 12.6. The number of hydrogen-bond donors (Lipinski definition) is 1. The standard InChI is InChI=1S/C24H21FN4O2/c25-22-12-20(6-9-23(22)31-16-18-4-1-3-17(11-18)13-26)28-24(30)29(21-7-8-21)15-19-5-2-10-27-14-19/h1-6,9-12,14,21H,7-8,15-16H2,(H,28,30). The van der Waals surface area contributed by atoms with Gasteiger partial charge in [-0.25, -0.2) is 9.18 Å². The van der Waals surface area contributed by atoms with Crippen molar-refractivity contribution in [3.63, 3.8) is 0 Å². The molecule has 3 aromatic rings. The summed E-state index contributed by atoms with van der Waals surface area (Å²) in [5.41, 5.74) is 2.59. The molecule has 0 saturated heterocycles. The van der Waals surface area contributed by atoms with Crippen molar-refractivity contribution in [2.24, 2.45) is 0 Å². The van der Waals surface area contributed by atoms with Gasteiger partial charge in [0.05, 0.1) is 11.6 Å². The summed E-state index contributed by atoms with van der Waals surface area (Å²) in [5.74, 6) is -0.491. The molecule has 2 aromatic carbocycles. The van der Waals surface area contributed by atoms with E-state index in [1.807, 2.05) is 18.2 Å². The van der Waals surface area contributed by atoms with Crippen molar-refractivity contribution in [1.29, 1.82) is 5.26 Å². The van der Waals surface area contributed by atoms with Crippen LogP contribution in [-0.4, -0.2) is 22.0 Å². The minimum absolute atomic E-state index is 0.0785. The van der Waals surface area contributed by atoms with Crippen LogP contribution in [0.15, 0.2) is 67.0 Å². The van der Waals surface area contributed by atoms with E-state index in [4.69, 9.17) is 10.00 Å². The Kier molecular flexibility index (Phi) is 6.08. The number of hydrogen-bond acceptors (Lipinski definition) is 4. The first kappa shape index (κ1) is 20.4. The SMILES string of the molecule is N#Cc1cccc(COc2ccc(NC(=O)N(Cc3cccnc3)C3CC3)cc2F)c1. The molecule has 0 unspecified atom stereocenters. The number of benzene rings is 2. The molecular formula is C24H21FN4O2. The van der Waals surface area contributed by atoms with Gasteiger partial charge in [-0.1, -0.05) is 18.2 Å². The van der Waals surface area contributed by atoms with Crippen LogP contribution in [0.1, 0.15) is 29.5 Å². The fourth-order valence-electron chi connectivity index (χ4n) is 3.22.